The van der Waals surface area contributed by atoms with Gasteiger partial charge in [0.1, 0.15) is 0 Å². The smallest absolute Gasteiger partial charge is 0.0703 e. The summed E-state index contributed by atoms with van der Waals surface area (Å²) in [4.78, 5) is 4.55. The molecule has 112 valence electrons. The van der Waals surface area contributed by atoms with Crippen LogP contribution in [-0.2, 0) is 0 Å². The molecule has 1 aromatic heterocycles. The molecule has 0 aliphatic carbocycles. The maximum atomic E-state index is 4.55. The number of para-hydroxylation sites is 1. The van der Waals surface area contributed by atoms with Gasteiger partial charge in [-0.2, -0.15) is 0 Å². The number of nitrogens with one attached hydrogen (secondary N) is 1. The lowest BCUT2D eigenvalue weighted by molar-refractivity contribution is 0.634. The highest BCUT2D eigenvalue weighted by molar-refractivity contribution is 5.81. The summed E-state index contributed by atoms with van der Waals surface area (Å²) < 4.78 is 0. The maximum absolute atomic E-state index is 4.55. The lowest BCUT2D eigenvalue weighted by Gasteiger charge is -2.20. The molecule has 0 aliphatic rings. The van der Waals surface area contributed by atoms with Crippen molar-refractivity contribution in [3.8, 4) is 0 Å². The molecule has 1 heterocycles. The third-order valence-electron chi connectivity index (χ3n) is 3.98. The molecule has 0 radical (unpaired) electrons. The number of pyridine rings is 1. The van der Waals surface area contributed by atoms with Crippen molar-refractivity contribution in [2.45, 2.75) is 32.2 Å². The largest absolute Gasteiger partial charge is 0.377 e. The minimum atomic E-state index is 0.337. The Bertz CT molecular complexity index is 722. The van der Waals surface area contributed by atoms with Crippen molar-refractivity contribution in [3.05, 3.63) is 72.4 Å². The number of hydrogen-bond donors (Lipinski definition) is 1. The topological polar surface area (TPSA) is 24.9 Å². The Balaban J connectivity index is 1.84. The Morgan fingerprint density at radius 1 is 1.00 bits per heavy atom. The maximum Gasteiger partial charge on any atom is 0.0703 e. The van der Waals surface area contributed by atoms with Crippen LogP contribution in [0.1, 0.15) is 37.8 Å². The van der Waals surface area contributed by atoms with Gasteiger partial charge in [-0.05, 0) is 24.1 Å². The number of aromatic nitrogens is 1. The summed E-state index contributed by atoms with van der Waals surface area (Å²) in [6.07, 6.45) is 5.49. The van der Waals surface area contributed by atoms with E-state index >= 15 is 0 Å². The number of anilines is 1. The number of hydrogen-bond acceptors (Lipinski definition) is 2. The molecule has 0 saturated carbocycles. The van der Waals surface area contributed by atoms with Gasteiger partial charge in [0.2, 0.25) is 0 Å². The average molecular weight is 290 g/mol. The fourth-order valence-electron chi connectivity index (χ4n) is 2.77. The molecule has 0 saturated heterocycles. The van der Waals surface area contributed by atoms with E-state index in [2.05, 4.69) is 65.8 Å². The molecule has 3 rings (SSSR count). The highest BCUT2D eigenvalue weighted by atomic mass is 14.9. The molecule has 22 heavy (non-hydrogen) atoms. The molecule has 1 unspecified atom stereocenters. The van der Waals surface area contributed by atoms with Gasteiger partial charge in [-0.3, -0.25) is 4.98 Å². The first-order chi connectivity index (χ1) is 10.9. The van der Waals surface area contributed by atoms with E-state index < -0.39 is 0 Å². The van der Waals surface area contributed by atoms with Crippen molar-refractivity contribution in [2.75, 3.05) is 5.32 Å². The molecule has 0 spiro atoms. The fourth-order valence-corrected chi connectivity index (χ4v) is 2.77. The Kier molecular flexibility index (Phi) is 4.69. The third-order valence-corrected chi connectivity index (χ3v) is 3.98. The van der Waals surface area contributed by atoms with Crippen molar-refractivity contribution in [1.29, 1.82) is 0 Å². The van der Waals surface area contributed by atoms with Crippen molar-refractivity contribution < 1.29 is 0 Å². The summed E-state index contributed by atoms with van der Waals surface area (Å²) in [6.45, 7) is 2.24. The van der Waals surface area contributed by atoms with Gasteiger partial charge in [0.25, 0.3) is 0 Å². The van der Waals surface area contributed by atoms with E-state index in [0.29, 0.717) is 6.04 Å². The van der Waals surface area contributed by atoms with Crippen LogP contribution < -0.4 is 5.32 Å². The molecule has 0 aliphatic heterocycles. The van der Waals surface area contributed by atoms with Crippen LogP contribution in [0.4, 0.5) is 5.69 Å². The number of fused-ring (bicyclic) bond motifs is 1. The Morgan fingerprint density at radius 3 is 2.59 bits per heavy atom. The van der Waals surface area contributed by atoms with Gasteiger partial charge in [0.15, 0.2) is 0 Å². The first-order valence-electron chi connectivity index (χ1n) is 8.03. The zero-order valence-electron chi connectivity index (χ0n) is 13.0. The van der Waals surface area contributed by atoms with E-state index in [9.17, 15) is 0 Å². The summed E-state index contributed by atoms with van der Waals surface area (Å²) in [5.41, 5.74) is 3.46. The summed E-state index contributed by atoms with van der Waals surface area (Å²) in [5.74, 6) is 0. The van der Waals surface area contributed by atoms with E-state index in [4.69, 9.17) is 0 Å². The van der Waals surface area contributed by atoms with Crippen LogP contribution in [0.25, 0.3) is 10.9 Å². The van der Waals surface area contributed by atoms with Crippen LogP contribution in [0.15, 0.2) is 66.9 Å². The van der Waals surface area contributed by atoms with E-state index in [1.807, 2.05) is 18.3 Å². The van der Waals surface area contributed by atoms with Gasteiger partial charge in [0.05, 0.1) is 23.4 Å². The lowest BCUT2D eigenvalue weighted by Crippen LogP contribution is -2.11. The molecule has 2 nitrogen and oxygen atoms in total. The fraction of sp³-hybridized carbons (Fsp3) is 0.250. The summed E-state index contributed by atoms with van der Waals surface area (Å²) in [7, 11) is 0. The molecule has 3 aromatic rings. The van der Waals surface area contributed by atoms with Crippen LogP contribution in [0.5, 0.6) is 0 Å². The first kappa shape index (κ1) is 14.6. The predicted octanol–water partition coefficient (Wildman–Crippen LogP) is 5.58. The minimum Gasteiger partial charge on any atom is -0.377 e. The molecular weight excluding hydrogens is 268 g/mol. The zero-order chi connectivity index (χ0) is 15.2. The quantitative estimate of drug-likeness (QED) is 0.641. The highest BCUT2D eigenvalue weighted by Crippen LogP contribution is 2.25. The van der Waals surface area contributed by atoms with Crippen LogP contribution in [-0.4, -0.2) is 4.98 Å². The van der Waals surface area contributed by atoms with Gasteiger partial charge < -0.3 is 5.32 Å². The number of benzene rings is 2. The van der Waals surface area contributed by atoms with E-state index in [-0.39, 0.29) is 0 Å². The molecule has 1 atom stereocenters. The van der Waals surface area contributed by atoms with Gasteiger partial charge in [-0.25, -0.2) is 0 Å². The Hall–Kier alpha value is -2.35. The van der Waals surface area contributed by atoms with Crippen LogP contribution in [0, 0.1) is 0 Å². The second-order valence-corrected chi connectivity index (χ2v) is 5.67. The van der Waals surface area contributed by atoms with Gasteiger partial charge >= 0.3 is 0 Å². The molecule has 2 aromatic carbocycles. The van der Waals surface area contributed by atoms with Crippen LogP contribution in [0.2, 0.25) is 0 Å². The zero-order valence-corrected chi connectivity index (χ0v) is 13.0. The van der Waals surface area contributed by atoms with Gasteiger partial charge in [-0.1, -0.05) is 68.3 Å². The Labute approximate surface area is 132 Å². The second-order valence-electron chi connectivity index (χ2n) is 5.67. The van der Waals surface area contributed by atoms with Crippen molar-refractivity contribution in [2.24, 2.45) is 0 Å². The van der Waals surface area contributed by atoms with Crippen LogP contribution >= 0.6 is 0 Å². The van der Waals surface area contributed by atoms with Gasteiger partial charge in [0, 0.05) is 5.39 Å². The molecule has 0 bridgehead atoms. The third kappa shape index (κ3) is 3.45. The summed E-state index contributed by atoms with van der Waals surface area (Å²) in [6, 6.07) is 21.4. The standard InChI is InChI=1S/C20H22N2/c1-2-3-12-20(16-9-5-4-6-10-16)22-18-14-17-11-7-8-13-19(17)21-15-18/h4-11,13-15,20,22H,2-3,12H2,1H3. The van der Waals surface area contributed by atoms with Crippen molar-refractivity contribution in [1.82, 2.24) is 4.98 Å². The highest BCUT2D eigenvalue weighted by Gasteiger charge is 2.11. The van der Waals surface area contributed by atoms with Crippen LogP contribution in [0.3, 0.4) is 0 Å². The first-order valence-corrected chi connectivity index (χ1v) is 8.03. The van der Waals surface area contributed by atoms with Gasteiger partial charge in [-0.15, -0.1) is 0 Å². The molecule has 0 fully saturated rings. The molecule has 0 amide bonds. The molecular formula is C20H22N2. The molecule has 2 heteroatoms. The lowest BCUT2D eigenvalue weighted by atomic mass is 10.0. The summed E-state index contributed by atoms with van der Waals surface area (Å²) >= 11 is 0. The normalized spacial score (nSPS) is 12.2. The number of rotatable bonds is 6. The minimum absolute atomic E-state index is 0.337. The molecule has 1 N–H and O–H groups in total. The van der Waals surface area contributed by atoms with Crippen molar-refractivity contribution in [3.63, 3.8) is 0 Å². The number of unbranched alkanes of at least 4 members (excludes halogenated alkanes) is 1. The van der Waals surface area contributed by atoms with E-state index in [1.165, 1.54) is 23.8 Å². The number of nitrogens with zero attached hydrogens (tertiary/aromatic N) is 1. The SMILES string of the molecule is CCCCC(Nc1cnc2ccccc2c1)c1ccccc1. The average Bonchev–Trinajstić information content (AvgIpc) is 2.59. The van der Waals surface area contributed by atoms with Crippen molar-refractivity contribution >= 4 is 16.6 Å². The second kappa shape index (κ2) is 7.08. The van der Waals surface area contributed by atoms with E-state index in [1.54, 1.807) is 0 Å². The Morgan fingerprint density at radius 2 is 1.77 bits per heavy atom. The predicted molar refractivity (Wildman–Crippen MR) is 94.1 cm³/mol. The van der Waals surface area contributed by atoms with E-state index in [0.717, 1.165) is 17.6 Å². The summed E-state index contributed by atoms with van der Waals surface area (Å²) in [5, 5.41) is 4.84. The monoisotopic (exact) mass is 290 g/mol.